The molecular formula is C21H29N3O3. The van der Waals surface area contributed by atoms with Gasteiger partial charge in [-0.15, -0.1) is 0 Å². The Kier molecular flexibility index (Phi) is 6.14. The molecule has 6 nitrogen and oxygen atoms in total. The fourth-order valence-corrected chi connectivity index (χ4v) is 3.98. The van der Waals surface area contributed by atoms with Crippen LogP contribution in [-0.4, -0.2) is 71.7 Å². The molecule has 6 heteroatoms. The van der Waals surface area contributed by atoms with E-state index in [1.807, 2.05) is 45.9 Å². The Labute approximate surface area is 161 Å². The number of rotatable bonds is 3. The molecule has 2 aliphatic rings. The van der Waals surface area contributed by atoms with Crippen LogP contribution in [0.15, 0.2) is 24.3 Å². The zero-order valence-corrected chi connectivity index (χ0v) is 16.3. The van der Waals surface area contributed by atoms with Gasteiger partial charge in [0.1, 0.15) is 0 Å². The number of carbonyl (C=O) groups is 3. The molecule has 1 aromatic carbocycles. The molecule has 0 spiro atoms. The summed E-state index contributed by atoms with van der Waals surface area (Å²) in [5.41, 5.74) is 2.20. The number of benzene rings is 1. The van der Waals surface area contributed by atoms with Gasteiger partial charge in [0.25, 0.3) is 0 Å². The lowest BCUT2D eigenvalue weighted by molar-refractivity contribution is -0.144. The third-order valence-electron chi connectivity index (χ3n) is 5.67. The molecule has 1 aromatic rings. The van der Waals surface area contributed by atoms with Crippen molar-refractivity contribution in [3.63, 3.8) is 0 Å². The fourth-order valence-electron chi connectivity index (χ4n) is 3.98. The molecule has 146 valence electrons. The molecule has 0 aliphatic carbocycles. The van der Waals surface area contributed by atoms with E-state index < -0.39 is 0 Å². The Hall–Kier alpha value is -2.37. The highest BCUT2D eigenvalue weighted by Crippen LogP contribution is 2.21. The van der Waals surface area contributed by atoms with Gasteiger partial charge in [0, 0.05) is 52.1 Å². The van der Waals surface area contributed by atoms with E-state index in [-0.39, 0.29) is 23.6 Å². The second kappa shape index (κ2) is 8.55. The molecule has 0 N–H and O–H groups in total. The van der Waals surface area contributed by atoms with Crippen molar-refractivity contribution in [2.75, 3.05) is 39.3 Å². The van der Waals surface area contributed by atoms with E-state index in [9.17, 15) is 14.4 Å². The highest BCUT2D eigenvalue weighted by molar-refractivity contribution is 5.81. The number of piperazine rings is 1. The van der Waals surface area contributed by atoms with E-state index in [4.69, 9.17) is 0 Å². The topological polar surface area (TPSA) is 60.9 Å². The van der Waals surface area contributed by atoms with Crippen molar-refractivity contribution < 1.29 is 14.4 Å². The summed E-state index contributed by atoms with van der Waals surface area (Å²) in [7, 11) is 0. The van der Waals surface area contributed by atoms with E-state index in [0.717, 1.165) is 24.0 Å². The van der Waals surface area contributed by atoms with Crippen molar-refractivity contribution in [1.82, 2.24) is 14.7 Å². The number of likely N-dealkylation sites (tertiary alicyclic amines) is 1. The maximum atomic E-state index is 12.8. The van der Waals surface area contributed by atoms with Crippen molar-refractivity contribution in [3.8, 4) is 0 Å². The average Bonchev–Trinajstić information content (AvgIpc) is 2.67. The van der Waals surface area contributed by atoms with Crippen LogP contribution < -0.4 is 0 Å². The van der Waals surface area contributed by atoms with Crippen molar-refractivity contribution in [1.29, 1.82) is 0 Å². The molecule has 0 aromatic heterocycles. The summed E-state index contributed by atoms with van der Waals surface area (Å²) in [5.74, 6) is 0.406. The van der Waals surface area contributed by atoms with Crippen LogP contribution in [0.5, 0.6) is 0 Å². The smallest absolute Gasteiger partial charge is 0.227 e. The maximum absolute atomic E-state index is 12.8. The summed E-state index contributed by atoms with van der Waals surface area (Å²) >= 11 is 0. The zero-order valence-electron chi connectivity index (χ0n) is 16.3. The Morgan fingerprint density at radius 1 is 0.926 bits per heavy atom. The SMILES string of the molecule is CC(=O)N1CCC(C(=O)N2CCN(C(=O)Cc3cccc(C)c3)CC2)CC1. The second-order valence-corrected chi connectivity index (χ2v) is 7.65. The number of hydrogen-bond acceptors (Lipinski definition) is 3. The normalized spacial score (nSPS) is 18.5. The molecule has 0 radical (unpaired) electrons. The van der Waals surface area contributed by atoms with Crippen LogP contribution in [-0.2, 0) is 20.8 Å². The Morgan fingerprint density at radius 2 is 1.56 bits per heavy atom. The van der Waals surface area contributed by atoms with Gasteiger partial charge in [0.05, 0.1) is 6.42 Å². The number of hydrogen-bond donors (Lipinski definition) is 0. The van der Waals surface area contributed by atoms with Gasteiger partial charge in [-0.2, -0.15) is 0 Å². The Balaban J connectivity index is 1.46. The molecule has 0 unspecified atom stereocenters. The highest BCUT2D eigenvalue weighted by Gasteiger charge is 2.31. The summed E-state index contributed by atoms with van der Waals surface area (Å²) in [6, 6.07) is 8.04. The van der Waals surface area contributed by atoms with Crippen LogP contribution in [0.1, 0.15) is 30.9 Å². The molecule has 2 fully saturated rings. The van der Waals surface area contributed by atoms with E-state index >= 15 is 0 Å². The van der Waals surface area contributed by atoms with E-state index in [1.54, 1.807) is 6.92 Å². The zero-order chi connectivity index (χ0) is 19.4. The van der Waals surface area contributed by atoms with Gasteiger partial charge in [-0.3, -0.25) is 14.4 Å². The molecule has 0 atom stereocenters. The minimum atomic E-state index is 0.00939. The third-order valence-corrected chi connectivity index (χ3v) is 5.67. The third kappa shape index (κ3) is 4.87. The summed E-state index contributed by atoms with van der Waals surface area (Å²) in [6.45, 7) is 7.34. The molecule has 0 bridgehead atoms. The van der Waals surface area contributed by atoms with Crippen LogP contribution in [0.25, 0.3) is 0 Å². The Bertz CT molecular complexity index is 702. The van der Waals surface area contributed by atoms with Gasteiger partial charge in [0.15, 0.2) is 0 Å². The van der Waals surface area contributed by atoms with Crippen LogP contribution in [0.2, 0.25) is 0 Å². The quantitative estimate of drug-likeness (QED) is 0.808. The van der Waals surface area contributed by atoms with Crippen molar-refractivity contribution in [2.24, 2.45) is 5.92 Å². The predicted molar refractivity (Wildman–Crippen MR) is 103 cm³/mol. The standard InChI is InChI=1S/C21H29N3O3/c1-16-4-3-5-18(14-16)15-20(26)23-10-12-24(13-11-23)21(27)19-6-8-22(9-7-19)17(2)25/h3-5,14,19H,6-13,15H2,1-2H3. The molecule has 3 rings (SSSR count). The van der Waals surface area contributed by atoms with Gasteiger partial charge >= 0.3 is 0 Å². The number of amides is 3. The average molecular weight is 371 g/mol. The number of aryl methyl sites for hydroxylation is 1. The molecule has 2 aliphatic heterocycles. The van der Waals surface area contributed by atoms with Crippen LogP contribution in [0, 0.1) is 12.8 Å². The van der Waals surface area contributed by atoms with Gasteiger partial charge in [-0.05, 0) is 25.3 Å². The molecule has 3 amide bonds. The van der Waals surface area contributed by atoms with E-state index in [1.165, 1.54) is 0 Å². The molecule has 2 heterocycles. The first-order chi connectivity index (χ1) is 12.9. The first-order valence-electron chi connectivity index (χ1n) is 9.81. The second-order valence-electron chi connectivity index (χ2n) is 7.65. The van der Waals surface area contributed by atoms with Crippen LogP contribution in [0.3, 0.4) is 0 Å². The summed E-state index contributed by atoms with van der Waals surface area (Å²) in [4.78, 5) is 42.3. The van der Waals surface area contributed by atoms with Crippen molar-refractivity contribution in [2.45, 2.75) is 33.1 Å². The minimum Gasteiger partial charge on any atom is -0.343 e. The van der Waals surface area contributed by atoms with Gasteiger partial charge in [0.2, 0.25) is 17.7 Å². The number of piperidine rings is 1. The molecular weight excluding hydrogens is 342 g/mol. The van der Waals surface area contributed by atoms with E-state index in [0.29, 0.717) is 45.7 Å². The highest BCUT2D eigenvalue weighted by atomic mass is 16.2. The van der Waals surface area contributed by atoms with Gasteiger partial charge < -0.3 is 14.7 Å². The molecule has 27 heavy (non-hydrogen) atoms. The first kappa shape index (κ1) is 19.4. The maximum Gasteiger partial charge on any atom is 0.227 e. The van der Waals surface area contributed by atoms with Gasteiger partial charge in [-0.1, -0.05) is 29.8 Å². The largest absolute Gasteiger partial charge is 0.343 e. The van der Waals surface area contributed by atoms with Crippen molar-refractivity contribution in [3.05, 3.63) is 35.4 Å². The lowest BCUT2D eigenvalue weighted by Gasteiger charge is -2.38. The number of carbonyl (C=O) groups excluding carboxylic acids is 3. The lowest BCUT2D eigenvalue weighted by atomic mass is 9.95. The monoisotopic (exact) mass is 371 g/mol. The fraction of sp³-hybridized carbons (Fsp3) is 0.571. The van der Waals surface area contributed by atoms with E-state index in [2.05, 4.69) is 0 Å². The summed E-state index contributed by atoms with van der Waals surface area (Å²) in [6.07, 6.45) is 1.90. The van der Waals surface area contributed by atoms with Gasteiger partial charge in [-0.25, -0.2) is 0 Å². The summed E-state index contributed by atoms with van der Waals surface area (Å²) in [5, 5.41) is 0. The predicted octanol–water partition coefficient (Wildman–Crippen LogP) is 1.47. The molecule has 0 saturated carbocycles. The van der Waals surface area contributed by atoms with Crippen molar-refractivity contribution >= 4 is 17.7 Å². The lowest BCUT2D eigenvalue weighted by Crippen LogP contribution is -2.53. The minimum absolute atomic E-state index is 0.00939. The molecule has 2 saturated heterocycles. The first-order valence-corrected chi connectivity index (χ1v) is 9.81. The number of nitrogens with zero attached hydrogens (tertiary/aromatic N) is 3. The van der Waals surface area contributed by atoms with Crippen LogP contribution in [0.4, 0.5) is 0 Å². The summed E-state index contributed by atoms with van der Waals surface area (Å²) < 4.78 is 0. The Morgan fingerprint density at radius 3 is 2.15 bits per heavy atom. The van der Waals surface area contributed by atoms with Crippen LogP contribution >= 0.6 is 0 Å².